The van der Waals surface area contributed by atoms with Gasteiger partial charge in [-0.2, -0.15) is 0 Å². The number of piperidine rings is 1. The lowest BCUT2D eigenvalue weighted by atomic mass is 9.81. The first kappa shape index (κ1) is 14.2. The van der Waals surface area contributed by atoms with Crippen molar-refractivity contribution >= 4 is 23.4 Å². The Kier molecular flexibility index (Phi) is 4.38. The smallest absolute Gasteiger partial charge is 0.137 e. The molecule has 1 aromatic carbocycles. The van der Waals surface area contributed by atoms with Crippen LogP contribution in [0.5, 0.6) is 5.75 Å². The Hall–Kier alpha value is -1.19. The zero-order valence-corrected chi connectivity index (χ0v) is 12.1. The zero-order chi connectivity index (χ0) is 12.5. The van der Waals surface area contributed by atoms with E-state index < -0.39 is 0 Å². The normalized spacial score (nSPS) is 23.1. The highest BCUT2D eigenvalue weighted by molar-refractivity contribution is 5.85. The van der Waals surface area contributed by atoms with Gasteiger partial charge in [0.05, 0.1) is 13.4 Å². The number of nitrogens with one attached hydrogen (secondary N) is 1. The number of hydrogen-bond donors (Lipinski definition) is 1. The molecule has 2 aromatic rings. The topological polar surface area (TPSA) is 34.4 Å². The molecule has 0 spiro atoms. The summed E-state index contributed by atoms with van der Waals surface area (Å²) in [6.45, 7) is 4.45. The molecule has 0 radical (unpaired) electrons. The largest absolute Gasteiger partial charge is 0.497 e. The molecule has 104 valence electrons. The average Bonchev–Trinajstić information content (AvgIpc) is 2.86. The highest BCUT2D eigenvalue weighted by Gasteiger charge is 2.26. The van der Waals surface area contributed by atoms with Crippen LogP contribution in [0.3, 0.4) is 0 Å². The minimum Gasteiger partial charge on any atom is -0.497 e. The van der Waals surface area contributed by atoms with Crippen molar-refractivity contribution in [2.45, 2.75) is 19.3 Å². The fraction of sp³-hybridized carbons (Fsp3) is 0.467. The van der Waals surface area contributed by atoms with Gasteiger partial charge >= 0.3 is 0 Å². The molecule has 2 heterocycles. The molecular formula is C15H20ClNO2. The van der Waals surface area contributed by atoms with Gasteiger partial charge in [-0.3, -0.25) is 0 Å². The Balaban J connectivity index is 0.00000133. The summed E-state index contributed by atoms with van der Waals surface area (Å²) in [5, 5.41) is 4.58. The molecule has 0 saturated carbocycles. The molecule has 3 nitrogen and oxygen atoms in total. The molecule has 3 rings (SSSR count). The van der Waals surface area contributed by atoms with Crippen molar-refractivity contribution < 1.29 is 9.15 Å². The number of methoxy groups -OCH3 is 1. The van der Waals surface area contributed by atoms with Gasteiger partial charge in [0, 0.05) is 10.9 Å². The van der Waals surface area contributed by atoms with Gasteiger partial charge in [-0.15, -0.1) is 12.4 Å². The quantitative estimate of drug-likeness (QED) is 0.914. The molecule has 0 amide bonds. The van der Waals surface area contributed by atoms with Crippen LogP contribution in [0, 0.1) is 5.92 Å². The average molecular weight is 282 g/mol. The van der Waals surface area contributed by atoms with E-state index in [1.165, 1.54) is 5.56 Å². The summed E-state index contributed by atoms with van der Waals surface area (Å²) in [4.78, 5) is 0. The minimum atomic E-state index is 0. The van der Waals surface area contributed by atoms with Crippen LogP contribution in [0.1, 0.15) is 24.8 Å². The molecule has 0 aliphatic carbocycles. The van der Waals surface area contributed by atoms with Crippen LogP contribution < -0.4 is 10.1 Å². The number of benzene rings is 1. The molecule has 1 aromatic heterocycles. The predicted octanol–water partition coefficient (Wildman–Crippen LogP) is 3.58. The van der Waals surface area contributed by atoms with E-state index in [2.05, 4.69) is 18.3 Å². The lowest BCUT2D eigenvalue weighted by Crippen LogP contribution is -2.33. The Morgan fingerprint density at radius 3 is 2.95 bits per heavy atom. The number of hydrogen-bond acceptors (Lipinski definition) is 3. The second-order valence-corrected chi connectivity index (χ2v) is 5.13. The molecule has 1 aliphatic heterocycles. The van der Waals surface area contributed by atoms with Crippen LogP contribution in [-0.2, 0) is 0 Å². The van der Waals surface area contributed by atoms with Gasteiger partial charge in [-0.05, 0) is 49.5 Å². The molecule has 0 bridgehead atoms. The molecule has 19 heavy (non-hydrogen) atoms. The van der Waals surface area contributed by atoms with Crippen molar-refractivity contribution in [2.24, 2.45) is 5.92 Å². The van der Waals surface area contributed by atoms with Gasteiger partial charge < -0.3 is 14.5 Å². The van der Waals surface area contributed by atoms with Crippen LogP contribution >= 0.6 is 12.4 Å². The van der Waals surface area contributed by atoms with E-state index >= 15 is 0 Å². The summed E-state index contributed by atoms with van der Waals surface area (Å²) in [6, 6.07) is 6.18. The lowest BCUT2D eigenvalue weighted by Gasteiger charge is -2.30. The molecule has 0 unspecified atom stereocenters. The van der Waals surface area contributed by atoms with Crippen molar-refractivity contribution in [3.63, 3.8) is 0 Å². The van der Waals surface area contributed by atoms with E-state index in [9.17, 15) is 0 Å². The molecule has 1 saturated heterocycles. The molecule has 4 heteroatoms. The van der Waals surface area contributed by atoms with E-state index in [1.54, 1.807) is 13.4 Å². The predicted molar refractivity (Wildman–Crippen MR) is 79.4 cm³/mol. The van der Waals surface area contributed by atoms with Crippen LogP contribution in [0.25, 0.3) is 11.0 Å². The van der Waals surface area contributed by atoms with Crippen molar-refractivity contribution in [3.8, 4) is 5.75 Å². The first-order chi connectivity index (χ1) is 8.79. The van der Waals surface area contributed by atoms with Gasteiger partial charge in [0.1, 0.15) is 11.3 Å². The molecule has 1 aliphatic rings. The maximum absolute atomic E-state index is 5.67. The fourth-order valence-corrected chi connectivity index (χ4v) is 2.95. The SMILES string of the molecule is COc1cc([C@@H]2CCNC[C@H]2C)c2occc2c1.Cl. The Bertz CT molecular complexity index is 552. The van der Waals surface area contributed by atoms with Crippen LogP contribution in [0.15, 0.2) is 28.9 Å². The molecule has 1 fully saturated rings. The van der Waals surface area contributed by atoms with Gasteiger partial charge in [-0.1, -0.05) is 6.92 Å². The Morgan fingerprint density at radius 1 is 1.37 bits per heavy atom. The third kappa shape index (κ3) is 2.58. The second-order valence-electron chi connectivity index (χ2n) is 5.13. The van der Waals surface area contributed by atoms with E-state index in [0.29, 0.717) is 11.8 Å². The van der Waals surface area contributed by atoms with Crippen molar-refractivity contribution in [2.75, 3.05) is 20.2 Å². The highest BCUT2D eigenvalue weighted by Crippen LogP contribution is 2.37. The third-order valence-corrected chi connectivity index (χ3v) is 3.97. The van der Waals surface area contributed by atoms with Gasteiger partial charge in [0.2, 0.25) is 0 Å². The number of halogens is 1. The second kappa shape index (κ2) is 5.85. The zero-order valence-electron chi connectivity index (χ0n) is 11.3. The standard InChI is InChI=1S/C15H19NO2.ClH/c1-10-9-16-5-3-13(10)14-8-12(17-2)7-11-4-6-18-15(11)14;/h4,6-8,10,13,16H,3,5,9H2,1-2H3;1H/t10-,13-;/m1./s1. The number of ether oxygens (including phenoxy) is 1. The maximum atomic E-state index is 5.67. The lowest BCUT2D eigenvalue weighted by molar-refractivity contribution is 0.347. The molecule has 1 N–H and O–H groups in total. The van der Waals surface area contributed by atoms with E-state index in [-0.39, 0.29) is 12.4 Å². The van der Waals surface area contributed by atoms with E-state index in [4.69, 9.17) is 9.15 Å². The summed E-state index contributed by atoms with van der Waals surface area (Å²) in [6.07, 6.45) is 2.92. The molecule has 2 atom stereocenters. The minimum absolute atomic E-state index is 0. The molecular weight excluding hydrogens is 262 g/mol. The monoisotopic (exact) mass is 281 g/mol. The van der Waals surface area contributed by atoms with E-state index in [0.717, 1.165) is 36.2 Å². The summed E-state index contributed by atoms with van der Waals surface area (Å²) in [5.41, 5.74) is 2.32. The summed E-state index contributed by atoms with van der Waals surface area (Å²) < 4.78 is 11.1. The summed E-state index contributed by atoms with van der Waals surface area (Å²) >= 11 is 0. The van der Waals surface area contributed by atoms with Crippen LogP contribution in [0.2, 0.25) is 0 Å². The third-order valence-electron chi connectivity index (χ3n) is 3.97. The van der Waals surface area contributed by atoms with Gasteiger partial charge in [0.15, 0.2) is 0 Å². The first-order valence-electron chi connectivity index (χ1n) is 6.55. The number of rotatable bonds is 2. The van der Waals surface area contributed by atoms with Crippen LogP contribution in [-0.4, -0.2) is 20.2 Å². The highest BCUT2D eigenvalue weighted by atomic mass is 35.5. The Labute approximate surface area is 119 Å². The maximum Gasteiger partial charge on any atom is 0.137 e. The summed E-state index contributed by atoms with van der Waals surface area (Å²) in [5.74, 6) is 2.10. The van der Waals surface area contributed by atoms with E-state index in [1.807, 2.05) is 12.1 Å². The fourth-order valence-electron chi connectivity index (χ4n) is 2.95. The number of furan rings is 1. The van der Waals surface area contributed by atoms with Crippen LogP contribution in [0.4, 0.5) is 0 Å². The first-order valence-corrected chi connectivity index (χ1v) is 6.55. The van der Waals surface area contributed by atoms with Crippen molar-refractivity contribution in [3.05, 3.63) is 30.0 Å². The van der Waals surface area contributed by atoms with Gasteiger partial charge in [-0.25, -0.2) is 0 Å². The number of fused-ring (bicyclic) bond motifs is 1. The van der Waals surface area contributed by atoms with Gasteiger partial charge in [0.25, 0.3) is 0 Å². The summed E-state index contributed by atoms with van der Waals surface area (Å²) in [7, 11) is 1.72. The van der Waals surface area contributed by atoms with Crippen molar-refractivity contribution in [1.29, 1.82) is 0 Å². The van der Waals surface area contributed by atoms with Crippen molar-refractivity contribution in [1.82, 2.24) is 5.32 Å². The Morgan fingerprint density at radius 2 is 2.21 bits per heavy atom.